The summed E-state index contributed by atoms with van der Waals surface area (Å²) in [6, 6.07) is 9.81. The van der Waals surface area contributed by atoms with Crippen molar-refractivity contribution in [1.29, 1.82) is 0 Å². The summed E-state index contributed by atoms with van der Waals surface area (Å²) < 4.78 is 67.9. The second-order valence-electron chi connectivity index (χ2n) is 12.2. The molecule has 0 amide bonds. The molecule has 0 saturated heterocycles. The van der Waals surface area contributed by atoms with Gasteiger partial charge in [0.15, 0.2) is 0 Å². The van der Waals surface area contributed by atoms with E-state index in [1.54, 1.807) is 6.92 Å². The Labute approximate surface area is 259 Å². The number of halogens is 3. The highest BCUT2D eigenvalue weighted by Crippen LogP contribution is 2.50. The number of esters is 1. The Bertz CT molecular complexity index is 1270. The molecule has 0 radical (unpaired) electrons. The number of fused-ring (bicyclic) bond motifs is 2. The van der Waals surface area contributed by atoms with Gasteiger partial charge in [-0.25, -0.2) is 18.0 Å². The second kappa shape index (κ2) is 15.9. The van der Waals surface area contributed by atoms with Crippen molar-refractivity contribution in [1.82, 2.24) is 4.90 Å². The molecule has 242 valence electrons. The third kappa shape index (κ3) is 9.08. The van der Waals surface area contributed by atoms with Crippen LogP contribution in [0.5, 0.6) is 5.75 Å². The minimum Gasteiger partial charge on any atom is -0.493 e. The Morgan fingerprint density at radius 1 is 0.977 bits per heavy atom. The fraction of sp³-hybridized carbons (Fsp3) is 0.571. The van der Waals surface area contributed by atoms with E-state index in [1.807, 2.05) is 24.0 Å². The summed E-state index contributed by atoms with van der Waals surface area (Å²) in [5.74, 6) is -1.58. The fourth-order valence-corrected chi connectivity index (χ4v) is 6.15. The van der Waals surface area contributed by atoms with Gasteiger partial charge in [-0.1, -0.05) is 24.3 Å². The molecular weight excluding hydrogens is 571 g/mol. The van der Waals surface area contributed by atoms with Gasteiger partial charge in [0.25, 0.3) is 0 Å². The van der Waals surface area contributed by atoms with E-state index in [4.69, 9.17) is 18.9 Å². The van der Waals surface area contributed by atoms with E-state index in [-0.39, 0.29) is 36.5 Å². The minimum atomic E-state index is -1.53. The van der Waals surface area contributed by atoms with Gasteiger partial charge in [0.2, 0.25) is 0 Å². The summed E-state index contributed by atoms with van der Waals surface area (Å²) in [6.07, 6.45) is 4.37. The third-order valence-corrected chi connectivity index (χ3v) is 8.03. The molecule has 2 aliphatic rings. The Kier molecular flexibility index (Phi) is 12.3. The molecule has 4 rings (SSSR count). The summed E-state index contributed by atoms with van der Waals surface area (Å²) in [5.41, 5.74) is 2.77. The summed E-state index contributed by atoms with van der Waals surface area (Å²) in [5, 5.41) is 0. The van der Waals surface area contributed by atoms with E-state index in [2.05, 4.69) is 12.1 Å². The normalized spacial score (nSPS) is 18.3. The average Bonchev–Trinajstić information content (AvgIpc) is 3.32. The van der Waals surface area contributed by atoms with Crippen molar-refractivity contribution in [2.45, 2.75) is 84.0 Å². The Morgan fingerprint density at radius 2 is 1.66 bits per heavy atom. The standard InChI is InChI=1S/C35H46F3NO5/c1-5-43-32(40)22-42-16-11-15-41-14-9-6-10-17-44-26-20-30(36)33(31(37)21-26)34-29-19-25-12-7-8-13-27(25)28(29)18-24(2)39(34)23-35(3,4)38/h7-8,12-13,20-21,24,34H,5-6,9-11,14-19,22-23H2,1-4H3/t24-,34+/m1/s1. The smallest absolute Gasteiger partial charge is 0.332 e. The van der Waals surface area contributed by atoms with Gasteiger partial charge in [-0.05, 0) is 88.5 Å². The molecule has 6 nitrogen and oxygen atoms in total. The largest absolute Gasteiger partial charge is 0.493 e. The Hall–Kier alpha value is -2.88. The van der Waals surface area contributed by atoms with Crippen LogP contribution in [0.3, 0.4) is 0 Å². The molecule has 0 fully saturated rings. The molecule has 0 bridgehead atoms. The number of alkyl halides is 1. The third-order valence-electron chi connectivity index (χ3n) is 8.03. The number of ether oxygens (including phenoxy) is 4. The van der Waals surface area contributed by atoms with Crippen molar-refractivity contribution < 1.29 is 36.9 Å². The van der Waals surface area contributed by atoms with E-state index in [0.717, 1.165) is 35.1 Å². The molecule has 0 N–H and O–H groups in total. The molecule has 2 atom stereocenters. The lowest BCUT2D eigenvalue weighted by Gasteiger charge is -2.44. The summed E-state index contributed by atoms with van der Waals surface area (Å²) in [7, 11) is 0. The van der Waals surface area contributed by atoms with E-state index < -0.39 is 23.3 Å². The number of hydrogen-bond acceptors (Lipinski definition) is 6. The van der Waals surface area contributed by atoms with Crippen LogP contribution < -0.4 is 4.74 Å². The van der Waals surface area contributed by atoms with Crippen molar-refractivity contribution in [3.05, 3.63) is 70.3 Å². The van der Waals surface area contributed by atoms with Gasteiger partial charge in [0, 0.05) is 50.1 Å². The Morgan fingerprint density at radius 3 is 2.39 bits per heavy atom. The van der Waals surface area contributed by atoms with Crippen molar-refractivity contribution in [2.24, 2.45) is 0 Å². The van der Waals surface area contributed by atoms with Crippen LogP contribution in [0.4, 0.5) is 13.2 Å². The minimum absolute atomic E-state index is 0.0445. The summed E-state index contributed by atoms with van der Waals surface area (Å²) in [4.78, 5) is 13.1. The van der Waals surface area contributed by atoms with Crippen molar-refractivity contribution in [3.63, 3.8) is 0 Å². The van der Waals surface area contributed by atoms with Crippen LogP contribution >= 0.6 is 0 Å². The molecule has 0 saturated carbocycles. The zero-order valence-electron chi connectivity index (χ0n) is 26.4. The molecule has 0 unspecified atom stereocenters. The predicted molar refractivity (Wildman–Crippen MR) is 164 cm³/mol. The zero-order valence-corrected chi connectivity index (χ0v) is 26.4. The first-order chi connectivity index (χ1) is 21.1. The first kappa shape index (κ1) is 34.0. The molecule has 1 aliphatic heterocycles. The lowest BCUT2D eigenvalue weighted by Crippen LogP contribution is -2.47. The van der Waals surface area contributed by atoms with Gasteiger partial charge in [-0.3, -0.25) is 4.90 Å². The van der Waals surface area contributed by atoms with Gasteiger partial charge in [-0.2, -0.15) is 0 Å². The molecule has 0 aromatic heterocycles. The van der Waals surface area contributed by atoms with Crippen molar-refractivity contribution >= 4 is 11.5 Å². The van der Waals surface area contributed by atoms with Gasteiger partial charge in [-0.15, -0.1) is 0 Å². The van der Waals surface area contributed by atoms with Gasteiger partial charge >= 0.3 is 5.97 Å². The van der Waals surface area contributed by atoms with Crippen LogP contribution in [0.2, 0.25) is 0 Å². The van der Waals surface area contributed by atoms with Crippen LogP contribution in [-0.4, -0.2) is 68.8 Å². The van der Waals surface area contributed by atoms with Crippen molar-refractivity contribution in [2.75, 3.05) is 46.2 Å². The van der Waals surface area contributed by atoms with E-state index >= 15 is 8.78 Å². The van der Waals surface area contributed by atoms with Crippen LogP contribution in [0.1, 0.15) is 82.5 Å². The first-order valence-electron chi connectivity index (χ1n) is 15.8. The molecule has 1 heterocycles. The molecule has 0 spiro atoms. The molecular formula is C35H46F3NO5. The highest BCUT2D eigenvalue weighted by atomic mass is 19.1. The van der Waals surface area contributed by atoms with E-state index in [1.165, 1.54) is 26.0 Å². The maximum absolute atomic E-state index is 15.8. The number of rotatable bonds is 17. The number of carbonyl (C=O) groups excluding carboxylic acids is 1. The lowest BCUT2D eigenvalue weighted by molar-refractivity contribution is -0.148. The monoisotopic (exact) mass is 617 g/mol. The number of carbonyl (C=O) groups is 1. The highest BCUT2D eigenvalue weighted by molar-refractivity contribution is 5.79. The summed E-state index contributed by atoms with van der Waals surface area (Å²) >= 11 is 0. The van der Waals surface area contributed by atoms with Gasteiger partial charge in [0.1, 0.15) is 29.7 Å². The number of nitrogens with zero attached hydrogens (tertiary/aromatic N) is 1. The van der Waals surface area contributed by atoms with Gasteiger partial charge < -0.3 is 18.9 Å². The SMILES string of the molecule is CCOC(=O)COCCCOCCCCCOc1cc(F)c([C@@H]2C3=C(C[C@@H](C)N2CC(C)(C)F)c2ccccc2C3)c(F)c1. The van der Waals surface area contributed by atoms with E-state index in [9.17, 15) is 9.18 Å². The Balaban J connectivity index is 1.30. The molecule has 44 heavy (non-hydrogen) atoms. The first-order valence-corrected chi connectivity index (χ1v) is 15.8. The fourth-order valence-electron chi connectivity index (χ4n) is 6.15. The number of benzene rings is 2. The van der Waals surface area contributed by atoms with Crippen LogP contribution in [0, 0.1) is 11.6 Å². The zero-order chi connectivity index (χ0) is 31.7. The van der Waals surface area contributed by atoms with Crippen LogP contribution in [0.15, 0.2) is 42.0 Å². The highest BCUT2D eigenvalue weighted by Gasteiger charge is 2.43. The molecule has 2 aromatic carbocycles. The average molecular weight is 618 g/mol. The topological polar surface area (TPSA) is 57.2 Å². The molecule has 2 aromatic rings. The van der Waals surface area contributed by atoms with Gasteiger partial charge in [0.05, 0.1) is 19.3 Å². The van der Waals surface area contributed by atoms with Crippen LogP contribution in [0.25, 0.3) is 5.57 Å². The summed E-state index contributed by atoms with van der Waals surface area (Å²) in [6.45, 7) is 9.00. The maximum atomic E-state index is 15.8. The molecule has 1 aliphatic carbocycles. The van der Waals surface area contributed by atoms with E-state index in [0.29, 0.717) is 58.7 Å². The van der Waals surface area contributed by atoms with Crippen LogP contribution in [-0.2, 0) is 25.4 Å². The second-order valence-corrected chi connectivity index (χ2v) is 12.2. The number of hydrogen-bond donors (Lipinski definition) is 0. The number of unbranched alkanes of at least 4 members (excludes halogenated alkanes) is 2. The van der Waals surface area contributed by atoms with Crippen molar-refractivity contribution in [3.8, 4) is 5.75 Å². The lowest BCUT2D eigenvalue weighted by atomic mass is 9.84. The maximum Gasteiger partial charge on any atom is 0.332 e. The molecule has 9 heteroatoms. The quantitative estimate of drug-likeness (QED) is 0.136. The predicted octanol–water partition coefficient (Wildman–Crippen LogP) is 7.39.